The van der Waals surface area contributed by atoms with Gasteiger partial charge in [-0.2, -0.15) is 5.10 Å². The largest absolute Gasteiger partial charge is 0.338 e. The summed E-state index contributed by atoms with van der Waals surface area (Å²) in [4.78, 5) is 25.9. The summed E-state index contributed by atoms with van der Waals surface area (Å²) >= 11 is 0. The molecule has 2 amide bonds. The molecule has 148 valence electrons. The fourth-order valence-corrected chi connectivity index (χ4v) is 3.45. The number of aromatic nitrogens is 2. The Morgan fingerprint density at radius 1 is 1.00 bits per heavy atom. The minimum Gasteiger partial charge on any atom is -0.338 e. The van der Waals surface area contributed by atoms with E-state index in [0.717, 1.165) is 12.8 Å². The van der Waals surface area contributed by atoms with Crippen LogP contribution in [-0.4, -0.2) is 39.6 Å². The van der Waals surface area contributed by atoms with Crippen molar-refractivity contribution in [2.45, 2.75) is 31.7 Å². The highest BCUT2D eigenvalue weighted by atomic mass is 19.2. The van der Waals surface area contributed by atoms with Gasteiger partial charge in [0.25, 0.3) is 5.91 Å². The van der Waals surface area contributed by atoms with Crippen LogP contribution in [0.1, 0.15) is 42.1 Å². The van der Waals surface area contributed by atoms with Crippen LogP contribution in [-0.2, 0) is 4.79 Å². The molecule has 1 aliphatic carbocycles. The molecule has 1 saturated heterocycles. The number of likely N-dealkylation sites (tertiary alicyclic amines) is 1. The van der Waals surface area contributed by atoms with Crippen molar-refractivity contribution >= 4 is 17.6 Å². The summed E-state index contributed by atoms with van der Waals surface area (Å²) in [6.07, 6.45) is 4.51. The van der Waals surface area contributed by atoms with Crippen LogP contribution in [0.3, 0.4) is 0 Å². The Hall–Kier alpha value is -2.84. The van der Waals surface area contributed by atoms with E-state index in [1.54, 1.807) is 16.9 Å². The number of halogens is 3. The average Bonchev–Trinajstić information content (AvgIpc) is 3.44. The zero-order valence-electron chi connectivity index (χ0n) is 15.0. The molecule has 0 radical (unpaired) electrons. The van der Waals surface area contributed by atoms with E-state index in [9.17, 15) is 22.8 Å². The highest BCUT2D eigenvalue weighted by molar-refractivity contribution is 5.94. The summed E-state index contributed by atoms with van der Waals surface area (Å²) < 4.78 is 42.1. The molecular formula is C19H19F3N4O2. The topological polar surface area (TPSA) is 67.2 Å². The highest BCUT2D eigenvalue weighted by Gasteiger charge is 2.32. The van der Waals surface area contributed by atoms with E-state index in [0.29, 0.717) is 43.9 Å². The lowest BCUT2D eigenvalue weighted by atomic mass is 10.0. The van der Waals surface area contributed by atoms with Crippen molar-refractivity contribution in [1.82, 2.24) is 14.7 Å². The first kappa shape index (κ1) is 18.5. The minimum atomic E-state index is -1.33. The van der Waals surface area contributed by atoms with E-state index in [1.807, 2.05) is 0 Å². The maximum absolute atomic E-state index is 13.9. The Balaban J connectivity index is 1.41. The van der Waals surface area contributed by atoms with Crippen LogP contribution in [0.4, 0.5) is 19.0 Å². The van der Waals surface area contributed by atoms with E-state index in [4.69, 9.17) is 0 Å². The van der Waals surface area contributed by atoms with Crippen molar-refractivity contribution in [3.05, 3.63) is 47.4 Å². The van der Waals surface area contributed by atoms with Gasteiger partial charge in [0, 0.05) is 31.1 Å². The van der Waals surface area contributed by atoms with Gasteiger partial charge in [0.1, 0.15) is 11.6 Å². The number of piperidine rings is 1. The van der Waals surface area contributed by atoms with Crippen LogP contribution in [0.5, 0.6) is 0 Å². The molecule has 0 bridgehead atoms. The van der Waals surface area contributed by atoms with Gasteiger partial charge in [0.05, 0.1) is 17.8 Å². The number of nitrogens with zero attached hydrogens (tertiary/aromatic N) is 3. The minimum absolute atomic E-state index is 0.0109. The summed E-state index contributed by atoms with van der Waals surface area (Å²) in [5.74, 6) is -3.65. The van der Waals surface area contributed by atoms with Gasteiger partial charge in [-0.1, -0.05) is 0 Å². The molecule has 4 rings (SSSR count). The lowest BCUT2D eigenvalue weighted by molar-refractivity contribution is -0.117. The zero-order chi connectivity index (χ0) is 19.8. The van der Waals surface area contributed by atoms with Crippen LogP contribution in [0.25, 0.3) is 0 Å². The Bertz CT molecular complexity index is 918. The van der Waals surface area contributed by atoms with Gasteiger partial charge >= 0.3 is 0 Å². The number of amides is 2. The molecule has 9 heteroatoms. The lowest BCUT2D eigenvalue weighted by Crippen LogP contribution is -2.40. The Kier molecular flexibility index (Phi) is 4.82. The molecule has 0 atom stereocenters. The van der Waals surface area contributed by atoms with E-state index in [1.165, 1.54) is 4.90 Å². The fraction of sp³-hybridized carbons (Fsp3) is 0.421. The van der Waals surface area contributed by atoms with Crippen LogP contribution < -0.4 is 5.32 Å². The third-order valence-electron chi connectivity index (χ3n) is 5.21. The molecule has 6 nitrogen and oxygen atoms in total. The number of hydrogen-bond donors (Lipinski definition) is 1. The first-order valence-electron chi connectivity index (χ1n) is 9.22. The second-order valence-electron chi connectivity index (χ2n) is 7.19. The Labute approximate surface area is 159 Å². The SMILES string of the molecule is O=C(Nc1ccnn1C1CCN(C(=O)c2cc(F)c(F)cc2F)CC1)C1CC1. The lowest BCUT2D eigenvalue weighted by Gasteiger charge is -2.32. The van der Waals surface area contributed by atoms with Gasteiger partial charge in [-0.3, -0.25) is 9.59 Å². The normalized spacial score (nSPS) is 17.6. The third kappa shape index (κ3) is 3.61. The number of nitrogens with one attached hydrogen (secondary N) is 1. The molecule has 1 saturated carbocycles. The van der Waals surface area contributed by atoms with Crippen molar-refractivity contribution in [1.29, 1.82) is 0 Å². The van der Waals surface area contributed by atoms with Crippen molar-refractivity contribution < 1.29 is 22.8 Å². The van der Waals surface area contributed by atoms with Gasteiger partial charge < -0.3 is 10.2 Å². The maximum Gasteiger partial charge on any atom is 0.256 e. The summed E-state index contributed by atoms with van der Waals surface area (Å²) in [7, 11) is 0. The monoisotopic (exact) mass is 392 g/mol. The summed E-state index contributed by atoms with van der Waals surface area (Å²) in [6, 6.07) is 2.68. The molecule has 2 aliphatic rings. The molecule has 1 aliphatic heterocycles. The number of carbonyl (C=O) groups excluding carboxylic acids is 2. The number of anilines is 1. The van der Waals surface area contributed by atoms with Crippen molar-refractivity contribution in [3.8, 4) is 0 Å². The second-order valence-corrected chi connectivity index (χ2v) is 7.19. The summed E-state index contributed by atoms with van der Waals surface area (Å²) in [5, 5.41) is 7.17. The first-order chi connectivity index (χ1) is 13.4. The highest BCUT2D eigenvalue weighted by Crippen LogP contribution is 2.31. The van der Waals surface area contributed by atoms with Crippen molar-refractivity contribution in [2.24, 2.45) is 5.92 Å². The van der Waals surface area contributed by atoms with Crippen LogP contribution in [0, 0.1) is 23.4 Å². The van der Waals surface area contributed by atoms with Crippen LogP contribution in [0.2, 0.25) is 0 Å². The maximum atomic E-state index is 13.9. The average molecular weight is 392 g/mol. The number of hydrogen-bond acceptors (Lipinski definition) is 3. The van der Waals surface area contributed by atoms with E-state index >= 15 is 0 Å². The van der Waals surface area contributed by atoms with Gasteiger partial charge in [-0.25, -0.2) is 17.9 Å². The predicted octanol–water partition coefficient (Wildman–Crippen LogP) is 3.13. The van der Waals surface area contributed by atoms with Crippen molar-refractivity contribution in [3.63, 3.8) is 0 Å². The second kappa shape index (κ2) is 7.29. The van der Waals surface area contributed by atoms with Gasteiger partial charge in [0.15, 0.2) is 11.6 Å². The molecule has 0 spiro atoms. The van der Waals surface area contributed by atoms with Gasteiger partial charge in [-0.05, 0) is 31.7 Å². The molecule has 2 aromatic rings. The number of carbonyl (C=O) groups is 2. The fourth-order valence-electron chi connectivity index (χ4n) is 3.45. The third-order valence-corrected chi connectivity index (χ3v) is 5.21. The molecule has 1 aromatic heterocycles. The number of rotatable bonds is 4. The summed E-state index contributed by atoms with van der Waals surface area (Å²) in [5.41, 5.74) is -0.478. The van der Waals surface area contributed by atoms with E-state index < -0.39 is 28.9 Å². The standard InChI is InChI=1S/C19H19F3N4O2/c20-14-10-16(22)15(21)9-13(14)19(28)25-7-4-12(5-8-25)26-17(3-6-23-26)24-18(27)11-1-2-11/h3,6,9-12H,1-2,4-5,7-8H2,(H,24,27). The first-order valence-corrected chi connectivity index (χ1v) is 9.22. The molecule has 2 fully saturated rings. The molecule has 28 heavy (non-hydrogen) atoms. The smallest absolute Gasteiger partial charge is 0.256 e. The van der Waals surface area contributed by atoms with Crippen LogP contribution in [0.15, 0.2) is 24.4 Å². The van der Waals surface area contributed by atoms with E-state index in [-0.39, 0.29) is 17.9 Å². The molecular weight excluding hydrogens is 373 g/mol. The molecule has 0 unspecified atom stereocenters. The Morgan fingerprint density at radius 3 is 2.36 bits per heavy atom. The van der Waals surface area contributed by atoms with Gasteiger partial charge in [0.2, 0.25) is 5.91 Å². The van der Waals surface area contributed by atoms with Crippen molar-refractivity contribution in [2.75, 3.05) is 18.4 Å². The number of benzene rings is 1. The van der Waals surface area contributed by atoms with Gasteiger partial charge in [-0.15, -0.1) is 0 Å². The van der Waals surface area contributed by atoms with Crippen LogP contribution >= 0.6 is 0 Å². The molecule has 2 heterocycles. The molecule has 1 N–H and O–H groups in total. The molecule has 1 aromatic carbocycles. The van der Waals surface area contributed by atoms with E-state index in [2.05, 4.69) is 10.4 Å². The zero-order valence-corrected chi connectivity index (χ0v) is 15.0. The quantitative estimate of drug-likeness (QED) is 0.813. The summed E-state index contributed by atoms with van der Waals surface area (Å²) in [6.45, 7) is 0.635. The predicted molar refractivity (Wildman–Crippen MR) is 94.1 cm³/mol. The Morgan fingerprint density at radius 2 is 1.68 bits per heavy atom.